The molecule has 1 atom stereocenters. The van der Waals surface area contributed by atoms with Crippen LogP contribution in [0, 0.1) is 0 Å². The van der Waals surface area contributed by atoms with Crippen LogP contribution in [0.4, 0.5) is 5.13 Å². The van der Waals surface area contributed by atoms with Crippen molar-refractivity contribution in [3.8, 4) is 0 Å². The standard InChI is InChI=1S/C15H16N4O2S2/c20-12(18-14-16-5-6-22-14)7-9-8-23-15-17-11-4-2-1-3-10(11)13(21)19(9)15/h5-6,9H,1-4,7-8H2,(H,16,18,20). The number of nitrogens with one attached hydrogen (secondary N) is 1. The van der Waals surface area contributed by atoms with Crippen LogP contribution in [0.2, 0.25) is 0 Å². The highest BCUT2D eigenvalue weighted by atomic mass is 32.2. The second-order valence-electron chi connectivity index (χ2n) is 5.76. The predicted molar refractivity (Wildman–Crippen MR) is 90.3 cm³/mol. The molecule has 0 spiro atoms. The number of carbonyl (C=O) groups excluding carboxylic acids is 1. The van der Waals surface area contributed by atoms with E-state index in [-0.39, 0.29) is 23.9 Å². The number of aryl methyl sites for hydroxylation is 1. The van der Waals surface area contributed by atoms with E-state index in [9.17, 15) is 9.59 Å². The highest BCUT2D eigenvalue weighted by Crippen LogP contribution is 2.33. The van der Waals surface area contributed by atoms with Crippen molar-refractivity contribution in [2.75, 3.05) is 11.1 Å². The molecule has 0 saturated heterocycles. The van der Waals surface area contributed by atoms with Gasteiger partial charge in [0.05, 0.1) is 11.7 Å². The molecule has 1 unspecified atom stereocenters. The van der Waals surface area contributed by atoms with Gasteiger partial charge in [0.15, 0.2) is 10.3 Å². The van der Waals surface area contributed by atoms with Crippen LogP contribution in [-0.2, 0) is 17.6 Å². The average molecular weight is 348 g/mol. The van der Waals surface area contributed by atoms with Crippen LogP contribution >= 0.6 is 23.1 Å². The summed E-state index contributed by atoms with van der Waals surface area (Å²) in [5.74, 6) is 0.610. The number of thioether (sulfide) groups is 1. The summed E-state index contributed by atoms with van der Waals surface area (Å²) >= 11 is 2.96. The van der Waals surface area contributed by atoms with Crippen molar-refractivity contribution in [1.82, 2.24) is 14.5 Å². The molecule has 120 valence electrons. The van der Waals surface area contributed by atoms with Crippen LogP contribution in [0.3, 0.4) is 0 Å². The van der Waals surface area contributed by atoms with E-state index in [1.165, 1.54) is 11.3 Å². The van der Waals surface area contributed by atoms with Crippen molar-refractivity contribution in [1.29, 1.82) is 0 Å². The highest BCUT2D eigenvalue weighted by Gasteiger charge is 2.30. The molecule has 2 aromatic rings. The van der Waals surface area contributed by atoms with E-state index in [1.54, 1.807) is 22.5 Å². The molecule has 0 fully saturated rings. The number of nitrogens with zero attached hydrogens (tertiary/aromatic N) is 3. The maximum Gasteiger partial charge on any atom is 0.257 e. The molecule has 8 heteroatoms. The number of hydrogen-bond donors (Lipinski definition) is 1. The number of carbonyl (C=O) groups is 1. The quantitative estimate of drug-likeness (QED) is 0.861. The molecule has 4 rings (SSSR count). The summed E-state index contributed by atoms with van der Waals surface area (Å²) < 4.78 is 1.73. The first-order valence-corrected chi connectivity index (χ1v) is 9.55. The lowest BCUT2D eigenvalue weighted by Crippen LogP contribution is -2.32. The van der Waals surface area contributed by atoms with Crippen molar-refractivity contribution in [2.24, 2.45) is 0 Å². The zero-order valence-electron chi connectivity index (χ0n) is 12.4. The molecule has 1 N–H and O–H groups in total. The predicted octanol–water partition coefficient (Wildman–Crippen LogP) is 2.25. The largest absolute Gasteiger partial charge is 0.302 e. The molecule has 23 heavy (non-hydrogen) atoms. The maximum absolute atomic E-state index is 12.8. The van der Waals surface area contributed by atoms with Crippen molar-refractivity contribution < 1.29 is 4.79 Å². The van der Waals surface area contributed by atoms with Crippen LogP contribution in [0.5, 0.6) is 0 Å². The van der Waals surface area contributed by atoms with Gasteiger partial charge in [-0.15, -0.1) is 11.3 Å². The average Bonchev–Trinajstić information content (AvgIpc) is 3.18. The van der Waals surface area contributed by atoms with Crippen LogP contribution < -0.4 is 10.9 Å². The SMILES string of the molecule is O=C(CC1CSc2nc3c(c(=O)n21)CCCC3)Nc1nccs1. The summed E-state index contributed by atoms with van der Waals surface area (Å²) in [5.41, 5.74) is 1.88. The topological polar surface area (TPSA) is 76.9 Å². The minimum absolute atomic E-state index is 0.0572. The third kappa shape index (κ3) is 2.81. The normalized spacial score (nSPS) is 19.2. The number of rotatable bonds is 3. The van der Waals surface area contributed by atoms with Gasteiger partial charge in [0.2, 0.25) is 5.91 Å². The van der Waals surface area contributed by atoms with Gasteiger partial charge >= 0.3 is 0 Å². The summed E-state index contributed by atoms with van der Waals surface area (Å²) in [6.07, 6.45) is 5.79. The van der Waals surface area contributed by atoms with Gasteiger partial charge in [0.1, 0.15) is 0 Å². The minimum Gasteiger partial charge on any atom is -0.302 e. The lowest BCUT2D eigenvalue weighted by Gasteiger charge is -2.18. The van der Waals surface area contributed by atoms with E-state index in [0.717, 1.165) is 47.8 Å². The Bertz CT molecular complexity index is 801. The summed E-state index contributed by atoms with van der Waals surface area (Å²) in [7, 11) is 0. The Balaban J connectivity index is 1.58. The Morgan fingerprint density at radius 1 is 1.39 bits per heavy atom. The van der Waals surface area contributed by atoms with Crippen LogP contribution in [-0.4, -0.2) is 26.2 Å². The lowest BCUT2D eigenvalue weighted by atomic mass is 9.97. The molecule has 0 bridgehead atoms. The zero-order valence-corrected chi connectivity index (χ0v) is 14.1. The van der Waals surface area contributed by atoms with E-state index >= 15 is 0 Å². The number of thiazole rings is 1. The molecular formula is C15H16N4O2S2. The Labute approximate surface area is 141 Å². The zero-order chi connectivity index (χ0) is 15.8. The smallest absolute Gasteiger partial charge is 0.257 e. The first-order valence-electron chi connectivity index (χ1n) is 7.69. The van der Waals surface area contributed by atoms with E-state index in [1.807, 2.05) is 5.38 Å². The summed E-state index contributed by atoms with van der Waals surface area (Å²) in [4.78, 5) is 33.7. The van der Waals surface area contributed by atoms with E-state index in [2.05, 4.69) is 15.3 Å². The van der Waals surface area contributed by atoms with Crippen molar-refractivity contribution >= 4 is 34.1 Å². The number of aromatic nitrogens is 3. The molecule has 1 aliphatic carbocycles. The van der Waals surface area contributed by atoms with Crippen LogP contribution in [0.1, 0.15) is 36.6 Å². The Kier molecular flexibility index (Phi) is 3.94. The number of amides is 1. The first kappa shape index (κ1) is 14.9. The van der Waals surface area contributed by atoms with Crippen molar-refractivity contribution in [3.63, 3.8) is 0 Å². The Hall–Kier alpha value is -1.67. The van der Waals surface area contributed by atoms with Gasteiger partial charge in [-0.3, -0.25) is 14.2 Å². The van der Waals surface area contributed by atoms with Gasteiger partial charge in [-0.05, 0) is 25.7 Å². The van der Waals surface area contributed by atoms with Gasteiger partial charge in [-0.1, -0.05) is 11.8 Å². The van der Waals surface area contributed by atoms with Crippen LogP contribution in [0.25, 0.3) is 0 Å². The third-order valence-corrected chi connectivity index (χ3v) is 6.01. The number of fused-ring (bicyclic) bond motifs is 2. The molecule has 2 aliphatic rings. The molecule has 2 aromatic heterocycles. The third-order valence-electron chi connectivity index (χ3n) is 4.22. The Morgan fingerprint density at radius 2 is 2.26 bits per heavy atom. The molecule has 6 nitrogen and oxygen atoms in total. The van der Waals surface area contributed by atoms with Crippen molar-refractivity contribution in [2.45, 2.75) is 43.3 Å². The van der Waals surface area contributed by atoms with Gasteiger partial charge < -0.3 is 5.32 Å². The fraction of sp³-hybridized carbons (Fsp3) is 0.467. The highest BCUT2D eigenvalue weighted by molar-refractivity contribution is 7.99. The minimum atomic E-state index is -0.123. The van der Waals surface area contributed by atoms with Gasteiger partial charge in [0, 0.05) is 29.3 Å². The molecule has 0 aromatic carbocycles. The summed E-state index contributed by atoms with van der Waals surface area (Å²) in [6.45, 7) is 0. The maximum atomic E-state index is 12.8. The fourth-order valence-corrected chi connectivity index (χ4v) is 4.83. The summed E-state index contributed by atoms with van der Waals surface area (Å²) in [6, 6.07) is -0.123. The van der Waals surface area contributed by atoms with Gasteiger partial charge in [-0.2, -0.15) is 0 Å². The molecule has 0 saturated carbocycles. The van der Waals surface area contributed by atoms with Crippen LogP contribution in [0.15, 0.2) is 21.5 Å². The second-order valence-corrected chi connectivity index (χ2v) is 7.64. The van der Waals surface area contributed by atoms with E-state index in [0.29, 0.717) is 5.13 Å². The van der Waals surface area contributed by atoms with E-state index < -0.39 is 0 Å². The first-order chi connectivity index (χ1) is 11.2. The fourth-order valence-electron chi connectivity index (χ4n) is 3.13. The van der Waals surface area contributed by atoms with E-state index in [4.69, 9.17) is 0 Å². The molecular weight excluding hydrogens is 332 g/mol. The molecule has 0 radical (unpaired) electrons. The van der Waals surface area contributed by atoms with Gasteiger partial charge in [0.25, 0.3) is 5.56 Å². The number of anilines is 1. The lowest BCUT2D eigenvalue weighted by molar-refractivity contribution is -0.116. The second kappa shape index (κ2) is 6.09. The van der Waals surface area contributed by atoms with Gasteiger partial charge in [-0.25, -0.2) is 9.97 Å². The Morgan fingerprint density at radius 3 is 3.09 bits per heavy atom. The summed E-state index contributed by atoms with van der Waals surface area (Å²) in [5, 5.41) is 5.96. The molecule has 1 amide bonds. The number of hydrogen-bond acceptors (Lipinski definition) is 6. The monoisotopic (exact) mass is 348 g/mol. The molecule has 3 heterocycles. The van der Waals surface area contributed by atoms with Crippen molar-refractivity contribution in [3.05, 3.63) is 33.2 Å². The molecule has 1 aliphatic heterocycles.